The first-order valence-electron chi connectivity index (χ1n) is 7.50. The van der Waals surface area contributed by atoms with E-state index in [2.05, 4.69) is 26.0 Å². The van der Waals surface area contributed by atoms with Crippen LogP contribution in [0.1, 0.15) is 52.0 Å². The average molecular weight is 294 g/mol. The molecular weight excluding hydrogens is 268 g/mol. The second-order valence-corrected chi connectivity index (χ2v) is 5.33. The van der Waals surface area contributed by atoms with Crippen LogP contribution in [0.5, 0.6) is 5.75 Å². The zero-order chi connectivity index (χ0) is 15.7. The second kappa shape index (κ2) is 9.40. The van der Waals surface area contributed by atoms with Gasteiger partial charge in [-0.1, -0.05) is 26.0 Å². The quantitative estimate of drug-likeness (QED) is 0.394. The fraction of sp³-hybridized carbons (Fsp3) is 0.588. The molecule has 118 valence electrons. The van der Waals surface area contributed by atoms with E-state index in [-0.39, 0.29) is 12.3 Å². The molecule has 1 rings (SSSR count). The Kier molecular flexibility index (Phi) is 7.83. The smallest absolute Gasteiger partial charge is 0.302 e. The zero-order valence-electron chi connectivity index (χ0n) is 13.4. The molecule has 0 aliphatic rings. The van der Waals surface area contributed by atoms with E-state index in [1.165, 1.54) is 12.5 Å². The Morgan fingerprint density at radius 1 is 1.05 bits per heavy atom. The lowest BCUT2D eigenvalue weighted by Gasteiger charge is -2.16. The van der Waals surface area contributed by atoms with Crippen LogP contribution in [-0.2, 0) is 14.3 Å². The molecular formula is C17H26O4. The van der Waals surface area contributed by atoms with Crippen LogP contribution in [0.15, 0.2) is 24.3 Å². The highest BCUT2D eigenvalue weighted by Gasteiger charge is 2.05. The summed E-state index contributed by atoms with van der Waals surface area (Å²) in [5.74, 6) is 1.09. The van der Waals surface area contributed by atoms with E-state index in [0.717, 1.165) is 18.6 Å². The summed E-state index contributed by atoms with van der Waals surface area (Å²) < 4.78 is 16.1. The summed E-state index contributed by atoms with van der Waals surface area (Å²) in [7, 11) is 0. The van der Waals surface area contributed by atoms with E-state index in [9.17, 15) is 4.79 Å². The molecule has 0 aromatic heterocycles. The van der Waals surface area contributed by atoms with Gasteiger partial charge in [-0.2, -0.15) is 0 Å². The van der Waals surface area contributed by atoms with Crippen molar-refractivity contribution >= 4 is 5.97 Å². The Hall–Kier alpha value is -1.55. The Morgan fingerprint density at radius 2 is 1.67 bits per heavy atom. The van der Waals surface area contributed by atoms with E-state index in [4.69, 9.17) is 14.2 Å². The number of rotatable bonds is 9. The standard InChI is InChI=1S/C17H26O4/c1-13(2)16-7-9-17(10-8-16)21-15(4)20-12-6-5-11-19-14(3)18/h7-10,13,15H,5-6,11-12H2,1-4H3. The third kappa shape index (κ3) is 7.71. The molecule has 0 amide bonds. The predicted molar refractivity (Wildman–Crippen MR) is 82.4 cm³/mol. The van der Waals surface area contributed by atoms with Crippen molar-refractivity contribution in [2.24, 2.45) is 0 Å². The summed E-state index contributed by atoms with van der Waals surface area (Å²) in [6.45, 7) is 8.66. The fourth-order valence-electron chi connectivity index (χ4n) is 1.83. The Labute approximate surface area is 127 Å². The molecule has 4 nitrogen and oxygen atoms in total. The van der Waals surface area contributed by atoms with Gasteiger partial charge in [-0.15, -0.1) is 0 Å². The number of hydrogen-bond donors (Lipinski definition) is 0. The lowest BCUT2D eigenvalue weighted by Crippen LogP contribution is -2.17. The highest BCUT2D eigenvalue weighted by atomic mass is 16.7. The summed E-state index contributed by atoms with van der Waals surface area (Å²) in [6, 6.07) is 8.09. The Balaban J connectivity index is 2.18. The maximum atomic E-state index is 10.6. The number of benzene rings is 1. The lowest BCUT2D eigenvalue weighted by atomic mass is 10.0. The summed E-state index contributed by atoms with van der Waals surface area (Å²) in [5, 5.41) is 0. The van der Waals surface area contributed by atoms with Crippen LogP contribution in [0.4, 0.5) is 0 Å². The van der Waals surface area contributed by atoms with Crippen LogP contribution < -0.4 is 4.74 Å². The molecule has 1 aromatic rings. The first kappa shape index (κ1) is 17.5. The number of unbranched alkanes of at least 4 members (excludes halogenated alkanes) is 1. The molecule has 1 aromatic carbocycles. The predicted octanol–water partition coefficient (Wildman–Crippen LogP) is 3.89. The molecule has 0 radical (unpaired) electrons. The minimum atomic E-state index is -0.288. The van der Waals surface area contributed by atoms with Crippen molar-refractivity contribution in [2.45, 2.75) is 52.7 Å². The first-order valence-corrected chi connectivity index (χ1v) is 7.50. The molecule has 4 heteroatoms. The maximum Gasteiger partial charge on any atom is 0.302 e. The van der Waals surface area contributed by atoms with Gasteiger partial charge in [-0.3, -0.25) is 4.79 Å². The van der Waals surface area contributed by atoms with Gasteiger partial charge in [0.05, 0.1) is 13.2 Å². The Bertz CT molecular complexity index is 411. The third-order valence-corrected chi connectivity index (χ3v) is 3.05. The molecule has 0 heterocycles. The van der Waals surface area contributed by atoms with E-state index < -0.39 is 0 Å². The minimum absolute atomic E-state index is 0.238. The van der Waals surface area contributed by atoms with Gasteiger partial charge in [-0.25, -0.2) is 0 Å². The summed E-state index contributed by atoms with van der Waals surface area (Å²) in [5.41, 5.74) is 1.29. The van der Waals surface area contributed by atoms with Gasteiger partial charge < -0.3 is 14.2 Å². The molecule has 0 fully saturated rings. The van der Waals surface area contributed by atoms with Gasteiger partial charge in [0.25, 0.3) is 0 Å². The van der Waals surface area contributed by atoms with Crippen molar-refractivity contribution in [3.05, 3.63) is 29.8 Å². The van der Waals surface area contributed by atoms with Crippen molar-refractivity contribution in [1.29, 1.82) is 0 Å². The first-order chi connectivity index (χ1) is 9.99. The van der Waals surface area contributed by atoms with Crippen LogP contribution in [0, 0.1) is 0 Å². The van der Waals surface area contributed by atoms with Crippen molar-refractivity contribution in [3.63, 3.8) is 0 Å². The van der Waals surface area contributed by atoms with Crippen molar-refractivity contribution in [1.82, 2.24) is 0 Å². The number of hydrogen-bond acceptors (Lipinski definition) is 4. The fourth-order valence-corrected chi connectivity index (χ4v) is 1.83. The molecule has 0 saturated carbocycles. The molecule has 0 aliphatic heterocycles. The topological polar surface area (TPSA) is 44.8 Å². The van der Waals surface area contributed by atoms with Crippen LogP contribution >= 0.6 is 0 Å². The zero-order valence-corrected chi connectivity index (χ0v) is 13.4. The second-order valence-electron chi connectivity index (χ2n) is 5.33. The van der Waals surface area contributed by atoms with Gasteiger partial charge in [0.1, 0.15) is 5.75 Å². The molecule has 21 heavy (non-hydrogen) atoms. The molecule has 0 saturated heterocycles. The minimum Gasteiger partial charge on any atom is -0.466 e. The number of carbonyl (C=O) groups excluding carboxylic acids is 1. The van der Waals surface area contributed by atoms with Gasteiger partial charge in [-0.05, 0) is 43.4 Å². The van der Waals surface area contributed by atoms with Crippen LogP contribution in [0.3, 0.4) is 0 Å². The van der Waals surface area contributed by atoms with Crippen LogP contribution in [-0.4, -0.2) is 25.5 Å². The van der Waals surface area contributed by atoms with Gasteiger partial charge in [0.2, 0.25) is 0 Å². The van der Waals surface area contributed by atoms with E-state index >= 15 is 0 Å². The van der Waals surface area contributed by atoms with E-state index in [0.29, 0.717) is 19.1 Å². The SMILES string of the molecule is CC(=O)OCCCCOC(C)Oc1ccc(C(C)C)cc1. The van der Waals surface area contributed by atoms with Crippen molar-refractivity contribution in [2.75, 3.05) is 13.2 Å². The number of ether oxygens (including phenoxy) is 3. The monoisotopic (exact) mass is 294 g/mol. The maximum absolute atomic E-state index is 10.6. The molecule has 1 unspecified atom stereocenters. The number of carbonyl (C=O) groups is 1. The molecule has 0 bridgehead atoms. The average Bonchev–Trinajstić information content (AvgIpc) is 2.43. The molecule has 1 atom stereocenters. The normalized spacial score (nSPS) is 12.2. The van der Waals surface area contributed by atoms with Crippen LogP contribution in [0.25, 0.3) is 0 Å². The van der Waals surface area contributed by atoms with E-state index in [1.807, 2.05) is 19.1 Å². The van der Waals surface area contributed by atoms with Gasteiger partial charge in [0.15, 0.2) is 6.29 Å². The largest absolute Gasteiger partial charge is 0.466 e. The van der Waals surface area contributed by atoms with Crippen molar-refractivity contribution < 1.29 is 19.0 Å². The molecule has 0 aliphatic carbocycles. The molecule has 0 spiro atoms. The molecule has 0 N–H and O–H groups in total. The summed E-state index contributed by atoms with van der Waals surface area (Å²) in [4.78, 5) is 10.6. The van der Waals surface area contributed by atoms with Gasteiger partial charge in [0, 0.05) is 6.92 Å². The van der Waals surface area contributed by atoms with Crippen molar-refractivity contribution in [3.8, 4) is 5.75 Å². The van der Waals surface area contributed by atoms with Gasteiger partial charge >= 0.3 is 5.97 Å². The van der Waals surface area contributed by atoms with E-state index in [1.54, 1.807) is 0 Å². The highest BCUT2D eigenvalue weighted by molar-refractivity contribution is 5.65. The summed E-state index contributed by atoms with van der Waals surface area (Å²) >= 11 is 0. The van der Waals surface area contributed by atoms with Crippen LogP contribution in [0.2, 0.25) is 0 Å². The third-order valence-electron chi connectivity index (χ3n) is 3.05. The summed E-state index contributed by atoms with van der Waals surface area (Å²) in [6.07, 6.45) is 1.35. The Morgan fingerprint density at radius 3 is 2.24 bits per heavy atom. The highest BCUT2D eigenvalue weighted by Crippen LogP contribution is 2.19. The lowest BCUT2D eigenvalue weighted by molar-refractivity contribution is -0.141. The number of esters is 1.